The van der Waals surface area contributed by atoms with Crippen LogP contribution in [0.3, 0.4) is 0 Å². The largest absolute Gasteiger partial charge is 0.350 e. The average Bonchev–Trinajstić information content (AvgIpc) is 2.38. The van der Waals surface area contributed by atoms with Gasteiger partial charge < -0.3 is 5.32 Å². The normalized spacial score (nSPS) is 19.0. The Morgan fingerprint density at radius 1 is 1.41 bits per heavy atom. The van der Waals surface area contributed by atoms with E-state index < -0.39 is 0 Å². The van der Waals surface area contributed by atoms with Crippen molar-refractivity contribution in [3.05, 3.63) is 35.4 Å². The number of rotatable bonds is 3. The van der Waals surface area contributed by atoms with Crippen molar-refractivity contribution in [2.75, 3.05) is 6.54 Å². The van der Waals surface area contributed by atoms with Gasteiger partial charge >= 0.3 is 0 Å². The summed E-state index contributed by atoms with van der Waals surface area (Å²) in [6.07, 6.45) is 10.4. The fourth-order valence-electron chi connectivity index (χ4n) is 1.80. The van der Waals surface area contributed by atoms with E-state index in [1.165, 1.54) is 12.4 Å². The van der Waals surface area contributed by atoms with E-state index in [-0.39, 0.29) is 5.91 Å². The van der Waals surface area contributed by atoms with Crippen LogP contribution in [0.15, 0.2) is 24.5 Å². The summed E-state index contributed by atoms with van der Waals surface area (Å²) >= 11 is 5.60. The quantitative estimate of drug-likeness (QED) is 0.838. The highest BCUT2D eigenvalue weighted by Gasteiger charge is 2.13. The Morgan fingerprint density at radius 2 is 2.29 bits per heavy atom. The first-order valence-electron chi connectivity index (χ1n) is 5.66. The van der Waals surface area contributed by atoms with Gasteiger partial charge in [-0.3, -0.25) is 4.79 Å². The lowest BCUT2D eigenvalue weighted by Crippen LogP contribution is -2.30. The molecule has 0 saturated heterocycles. The Labute approximate surface area is 105 Å². The van der Waals surface area contributed by atoms with Crippen molar-refractivity contribution >= 4 is 17.5 Å². The molecule has 1 heterocycles. The molecule has 5 heteroatoms. The maximum atomic E-state index is 11.7. The number of hydrogen-bond donors (Lipinski definition) is 1. The highest BCUT2D eigenvalue weighted by atomic mass is 35.5. The monoisotopic (exact) mass is 251 g/mol. The van der Waals surface area contributed by atoms with Crippen LogP contribution in [0, 0.1) is 5.92 Å². The molecule has 1 N–H and O–H groups in total. The van der Waals surface area contributed by atoms with E-state index in [1.807, 2.05) is 0 Å². The van der Waals surface area contributed by atoms with E-state index in [2.05, 4.69) is 27.4 Å². The van der Waals surface area contributed by atoms with Crippen LogP contribution in [-0.2, 0) is 0 Å². The number of allylic oxidation sites excluding steroid dienone is 2. The van der Waals surface area contributed by atoms with E-state index in [4.69, 9.17) is 11.6 Å². The molecule has 0 bridgehead atoms. The fourth-order valence-corrected chi connectivity index (χ4v) is 1.90. The minimum absolute atomic E-state index is 0.191. The van der Waals surface area contributed by atoms with Crippen LogP contribution in [0.5, 0.6) is 0 Å². The van der Waals surface area contributed by atoms with Gasteiger partial charge in [-0.05, 0) is 25.2 Å². The molecule has 1 amide bonds. The first-order valence-corrected chi connectivity index (χ1v) is 6.04. The molecule has 1 aromatic heterocycles. The fraction of sp³-hybridized carbons (Fsp3) is 0.417. The smallest absolute Gasteiger partial charge is 0.271 e. The molecule has 0 aromatic carbocycles. The minimum Gasteiger partial charge on any atom is -0.350 e. The van der Waals surface area contributed by atoms with Gasteiger partial charge in [0.05, 0.1) is 12.4 Å². The Bertz CT molecular complexity index is 416. The standard InChI is InChI=1S/C12H14ClN3O/c13-11-8-14-10(7-15-11)12(17)16-6-9-4-2-1-3-5-9/h1-2,7-9H,3-6H2,(H,16,17). The summed E-state index contributed by atoms with van der Waals surface area (Å²) in [7, 11) is 0. The van der Waals surface area contributed by atoms with E-state index in [0.29, 0.717) is 23.3 Å². The summed E-state index contributed by atoms with van der Waals surface area (Å²) in [6, 6.07) is 0. The molecule has 0 spiro atoms. The van der Waals surface area contributed by atoms with Crippen LogP contribution in [0.2, 0.25) is 5.15 Å². The van der Waals surface area contributed by atoms with Gasteiger partial charge in [0.15, 0.2) is 0 Å². The first-order chi connectivity index (χ1) is 8.25. The third-order valence-electron chi connectivity index (χ3n) is 2.78. The topological polar surface area (TPSA) is 54.9 Å². The number of carbonyl (C=O) groups excluding carboxylic acids is 1. The molecule has 4 nitrogen and oxygen atoms in total. The maximum Gasteiger partial charge on any atom is 0.271 e. The van der Waals surface area contributed by atoms with Gasteiger partial charge in [0.25, 0.3) is 5.91 Å². The molecule has 0 saturated carbocycles. The molecule has 0 aliphatic heterocycles. The summed E-state index contributed by atoms with van der Waals surface area (Å²) in [4.78, 5) is 19.5. The zero-order valence-electron chi connectivity index (χ0n) is 9.40. The van der Waals surface area contributed by atoms with Gasteiger partial charge in [-0.1, -0.05) is 23.8 Å². The van der Waals surface area contributed by atoms with Gasteiger partial charge in [-0.2, -0.15) is 0 Å². The summed E-state index contributed by atoms with van der Waals surface area (Å²) in [5.41, 5.74) is 0.306. The first kappa shape index (κ1) is 12.0. The van der Waals surface area contributed by atoms with Crippen molar-refractivity contribution < 1.29 is 4.79 Å². The maximum absolute atomic E-state index is 11.7. The van der Waals surface area contributed by atoms with Crippen LogP contribution in [0.4, 0.5) is 0 Å². The van der Waals surface area contributed by atoms with Gasteiger partial charge in [0.1, 0.15) is 10.8 Å². The average molecular weight is 252 g/mol. The number of aromatic nitrogens is 2. The van der Waals surface area contributed by atoms with Crippen molar-refractivity contribution in [3.63, 3.8) is 0 Å². The van der Waals surface area contributed by atoms with Crippen LogP contribution < -0.4 is 5.32 Å². The lowest BCUT2D eigenvalue weighted by molar-refractivity contribution is 0.0941. The van der Waals surface area contributed by atoms with E-state index >= 15 is 0 Å². The molecule has 0 radical (unpaired) electrons. The SMILES string of the molecule is O=C(NCC1CC=CCC1)c1cnc(Cl)cn1. The van der Waals surface area contributed by atoms with Crippen molar-refractivity contribution in [2.24, 2.45) is 5.92 Å². The molecular weight excluding hydrogens is 238 g/mol. The Morgan fingerprint density at radius 3 is 2.94 bits per heavy atom. The molecule has 1 aromatic rings. The number of amides is 1. The van der Waals surface area contributed by atoms with Crippen LogP contribution in [-0.4, -0.2) is 22.4 Å². The van der Waals surface area contributed by atoms with Crippen molar-refractivity contribution in [2.45, 2.75) is 19.3 Å². The van der Waals surface area contributed by atoms with Crippen molar-refractivity contribution in [1.29, 1.82) is 0 Å². The van der Waals surface area contributed by atoms with Crippen molar-refractivity contribution in [1.82, 2.24) is 15.3 Å². The van der Waals surface area contributed by atoms with Gasteiger partial charge in [-0.15, -0.1) is 0 Å². The summed E-state index contributed by atoms with van der Waals surface area (Å²) in [5.74, 6) is 0.341. The molecule has 2 rings (SSSR count). The second-order valence-corrected chi connectivity index (χ2v) is 4.47. The zero-order chi connectivity index (χ0) is 12.1. The third-order valence-corrected chi connectivity index (χ3v) is 2.98. The lowest BCUT2D eigenvalue weighted by atomic mass is 9.94. The molecular formula is C12H14ClN3O. The van der Waals surface area contributed by atoms with E-state index in [1.54, 1.807) is 0 Å². The number of nitrogens with zero attached hydrogens (tertiary/aromatic N) is 2. The molecule has 17 heavy (non-hydrogen) atoms. The predicted molar refractivity (Wildman–Crippen MR) is 65.9 cm³/mol. The Balaban J connectivity index is 1.84. The number of nitrogens with one attached hydrogen (secondary N) is 1. The molecule has 0 fully saturated rings. The number of hydrogen-bond acceptors (Lipinski definition) is 3. The summed E-state index contributed by atoms with van der Waals surface area (Å²) in [6.45, 7) is 0.688. The minimum atomic E-state index is -0.191. The molecule has 1 atom stereocenters. The summed E-state index contributed by atoms with van der Waals surface area (Å²) < 4.78 is 0. The van der Waals surface area contributed by atoms with Crippen LogP contribution >= 0.6 is 11.6 Å². The van der Waals surface area contributed by atoms with Gasteiger partial charge in [-0.25, -0.2) is 9.97 Å². The number of halogens is 1. The van der Waals surface area contributed by atoms with E-state index in [9.17, 15) is 4.79 Å². The number of carbonyl (C=O) groups is 1. The summed E-state index contributed by atoms with van der Waals surface area (Å²) in [5, 5.41) is 3.16. The Kier molecular flexibility index (Phi) is 4.09. The van der Waals surface area contributed by atoms with Gasteiger partial charge in [0, 0.05) is 6.54 Å². The molecule has 90 valence electrons. The van der Waals surface area contributed by atoms with Crippen LogP contribution in [0.1, 0.15) is 29.8 Å². The second kappa shape index (κ2) is 5.77. The Hall–Kier alpha value is -1.42. The lowest BCUT2D eigenvalue weighted by Gasteiger charge is -2.17. The molecule has 1 unspecified atom stereocenters. The molecule has 1 aliphatic rings. The predicted octanol–water partition coefficient (Wildman–Crippen LogP) is 2.22. The highest BCUT2D eigenvalue weighted by Crippen LogP contribution is 2.16. The van der Waals surface area contributed by atoms with Crippen LogP contribution in [0.25, 0.3) is 0 Å². The zero-order valence-corrected chi connectivity index (χ0v) is 10.2. The van der Waals surface area contributed by atoms with Crippen molar-refractivity contribution in [3.8, 4) is 0 Å². The van der Waals surface area contributed by atoms with Gasteiger partial charge in [0.2, 0.25) is 0 Å². The molecule has 1 aliphatic carbocycles. The third kappa shape index (κ3) is 3.53. The van der Waals surface area contributed by atoms with E-state index in [0.717, 1.165) is 19.3 Å². The second-order valence-electron chi connectivity index (χ2n) is 4.08. The highest BCUT2D eigenvalue weighted by molar-refractivity contribution is 6.29.